The Labute approximate surface area is 138 Å². The zero-order valence-corrected chi connectivity index (χ0v) is 13.3. The monoisotopic (exact) mass is 324 g/mol. The Morgan fingerprint density at radius 1 is 1.21 bits per heavy atom. The largest absolute Gasteiger partial charge is 0.508 e. The summed E-state index contributed by atoms with van der Waals surface area (Å²) in [5, 5.41) is 9.93. The van der Waals surface area contributed by atoms with Gasteiger partial charge in [0.2, 0.25) is 0 Å². The van der Waals surface area contributed by atoms with Crippen LogP contribution in [0.5, 0.6) is 5.75 Å². The summed E-state index contributed by atoms with van der Waals surface area (Å²) in [7, 11) is 0. The van der Waals surface area contributed by atoms with E-state index in [2.05, 4.69) is 4.98 Å². The Bertz CT molecular complexity index is 975. The summed E-state index contributed by atoms with van der Waals surface area (Å²) in [6.45, 7) is 3.77. The van der Waals surface area contributed by atoms with E-state index in [9.17, 15) is 14.7 Å². The van der Waals surface area contributed by atoms with Crippen molar-refractivity contribution in [2.45, 2.75) is 13.8 Å². The van der Waals surface area contributed by atoms with E-state index < -0.39 is 5.97 Å². The number of nitrogens with zero attached hydrogens (tertiary/aromatic N) is 2. The van der Waals surface area contributed by atoms with E-state index in [4.69, 9.17) is 4.74 Å². The molecule has 0 saturated heterocycles. The van der Waals surface area contributed by atoms with Gasteiger partial charge >= 0.3 is 5.97 Å². The molecule has 1 N–H and O–H groups in total. The van der Waals surface area contributed by atoms with Gasteiger partial charge in [-0.25, -0.2) is 9.78 Å². The van der Waals surface area contributed by atoms with Gasteiger partial charge in [-0.2, -0.15) is 0 Å². The molecule has 3 aromatic rings. The van der Waals surface area contributed by atoms with E-state index in [1.54, 1.807) is 44.2 Å². The molecule has 1 heterocycles. The fourth-order valence-corrected chi connectivity index (χ4v) is 2.55. The van der Waals surface area contributed by atoms with Crippen LogP contribution in [-0.2, 0) is 4.74 Å². The molecule has 24 heavy (non-hydrogen) atoms. The molecule has 0 spiro atoms. The number of benzene rings is 2. The van der Waals surface area contributed by atoms with Gasteiger partial charge in [0.1, 0.15) is 11.6 Å². The van der Waals surface area contributed by atoms with Crippen molar-refractivity contribution in [3.8, 4) is 11.4 Å². The van der Waals surface area contributed by atoms with Gasteiger partial charge in [-0.3, -0.25) is 9.36 Å². The van der Waals surface area contributed by atoms with Crippen molar-refractivity contribution >= 4 is 16.9 Å². The highest BCUT2D eigenvalue weighted by molar-refractivity contribution is 5.89. The average molecular weight is 324 g/mol. The Morgan fingerprint density at radius 3 is 2.58 bits per heavy atom. The molecule has 0 aliphatic heterocycles. The van der Waals surface area contributed by atoms with Crippen LogP contribution in [0.15, 0.2) is 47.3 Å². The highest BCUT2D eigenvalue weighted by atomic mass is 16.5. The van der Waals surface area contributed by atoms with Crippen LogP contribution in [0.4, 0.5) is 0 Å². The van der Waals surface area contributed by atoms with Crippen LogP contribution in [0.25, 0.3) is 16.6 Å². The summed E-state index contributed by atoms with van der Waals surface area (Å²) in [6.07, 6.45) is 0. The van der Waals surface area contributed by atoms with E-state index in [-0.39, 0.29) is 11.3 Å². The number of carbonyl (C=O) groups is 1. The Hall–Kier alpha value is -3.15. The van der Waals surface area contributed by atoms with Gasteiger partial charge in [-0.05, 0) is 56.3 Å². The minimum absolute atomic E-state index is 0.00876. The molecule has 0 radical (unpaired) electrons. The standard InChI is InChI=1S/C18H16N2O4/c1-3-24-18(23)12-4-6-13(7-5-12)20-11(2)19-16-9-8-14(21)10-15(16)17(20)22/h4-10,21H,3H2,1-2H3. The van der Waals surface area contributed by atoms with Gasteiger partial charge < -0.3 is 9.84 Å². The van der Waals surface area contributed by atoms with Crippen molar-refractivity contribution < 1.29 is 14.6 Å². The molecule has 2 aromatic carbocycles. The number of rotatable bonds is 3. The van der Waals surface area contributed by atoms with Gasteiger partial charge in [0.25, 0.3) is 5.56 Å². The highest BCUT2D eigenvalue weighted by Gasteiger charge is 2.12. The number of aromatic nitrogens is 2. The molecule has 0 atom stereocenters. The third-order valence-corrected chi connectivity index (χ3v) is 3.66. The lowest BCUT2D eigenvalue weighted by Crippen LogP contribution is -2.22. The maximum atomic E-state index is 12.7. The molecule has 0 amide bonds. The van der Waals surface area contributed by atoms with Gasteiger partial charge in [-0.15, -0.1) is 0 Å². The molecule has 0 aliphatic carbocycles. The summed E-state index contributed by atoms with van der Waals surface area (Å²) in [5.41, 5.74) is 1.24. The van der Waals surface area contributed by atoms with E-state index in [0.717, 1.165) is 0 Å². The molecule has 1 aromatic heterocycles. The van der Waals surface area contributed by atoms with Gasteiger partial charge in [0, 0.05) is 0 Å². The summed E-state index contributed by atoms with van der Waals surface area (Å²) in [5.74, 6) is 0.117. The summed E-state index contributed by atoms with van der Waals surface area (Å²) < 4.78 is 6.39. The van der Waals surface area contributed by atoms with Gasteiger partial charge in [0.05, 0.1) is 28.8 Å². The number of carbonyl (C=O) groups excluding carboxylic acids is 1. The molecule has 0 bridgehead atoms. The van der Waals surface area contributed by atoms with Crippen LogP contribution in [-0.4, -0.2) is 27.2 Å². The quantitative estimate of drug-likeness (QED) is 0.749. The van der Waals surface area contributed by atoms with Crippen LogP contribution in [0.3, 0.4) is 0 Å². The van der Waals surface area contributed by atoms with Crippen molar-refractivity contribution in [1.29, 1.82) is 0 Å². The molecule has 0 unspecified atom stereocenters. The van der Waals surface area contributed by atoms with Crippen LogP contribution < -0.4 is 5.56 Å². The molecule has 122 valence electrons. The first kappa shape index (κ1) is 15.7. The van der Waals surface area contributed by atoms with Gasteiger partial charge in [-0.1, -0.05) is 0 Å². The Balaban J connectivity index is 2.12. The van der Waals surface area contributed by atoms with Crippen molar-refractivity contribution in [3.05, 3.63) is 64.2 Å². The summed E-state index contributed by atoms with van der Waals surface area (Å²) >= 11 is 0. The maximum absolute atomic E-state index is 12.7. The number of phenols is 1. The number of aromatic hydroxyl groups is 1. The number of hydrogen-bond donors (Lipinski definition) is 1. The van der Waals surface area contributed by atoms with Crippen molar-refractivity contribution in [2.24, 2.45) is 0 Å². The third-order valence-electron chi connectivity index (χ3n) is 3.66. The number of fused-ring (bicyclic) bond motifs is 1. The number of ether oxygens (including phenoxy) is 1. The molecular formula is C18H16N2O4. The fraction of sp³-hybridized carbons (Fsp3) is 0.167. The molecule has 0 saturated carbocycles. The normalized spacial score (nSPS) is 10.8. The zero-order valence-electron chi connectivity index (χ0n) is 13.3. The van der Waals surface area contributed by atoms with Crippen LogP contribution in [0.2, 0.25) is 0 Å². The van der Waals surface area contributed by atoms with Gasteiger partial charge in [0.15, 0.2) is 0 Å². The highest BCUT2D eigenvalue weighted by Crippen LogP contribution is 2.18. The first-order valence-corrected chi connectivity index (χ1v) is 7.51. The lowest BCUT2D eigenvalue weighted by Gasteiger charge is -2.11. The van der Waals surface area contributed by atoms with E-state index in [1.165, 1.54) is 16.7 Å². The molecule has 3 rings (SSSR count). The SMILES string of the molecule is CCOC(=O)c1ccc(-n2c(C)nc3ccc(O)cc3c2=O)cc1. The van der Waals surface area contributed by atoms with Crippen molar-refractivity contribution in [1.82, 2.24) is 9.55 Å². The lowest BCUT2D eigenvalue weighted by atomic mass is 10.2. The van der Waals surface area contributed by atoms with Crippen LogP contribution in [0.1, 0.15) is 23.1 Å². The predicted molar refractivity (Wildman–Crippen MR) is 89.7 cm³/mol. The first-order chi connectivity index (χ1) is 11.5. The van der Waals surface area contributed by atoms with E-state index >= 15 is 0 Å². The molecule has 6 heteroatoms. The van der Waals surface area contributed by atoms with Crippen LogP contribution in [0, 0.1) is 6.92 Å². The topological polar surface area (TPSA) is 81.4 Å². The van der Waals surface area contributed by atoms with E-state index in [1.807, 2.05) is 0 Å². The van der Waals surface area contributed by atoms with Crippen molar-refractivity contribution in [2.75, 3.05) is 6.61 Å². The smallest absolute Gasteiger partial charge is 0.338 e. The Kier molecular flexibility index (Phi) is 4.04. The number of phenolic OH excluding ortho intramolecular Hbond substituents is 1. The predicted octanol–water partition coefficient (Wildman–Crippen LogP) is 2.58. The first-order valence-electron chi connectivity index (χ1n) is 7.51. The van der Waals surface area contributed by atoms with Crippen LogP contribution >= 0.6 is 0 Å². The third kappa shape index (κ3) is 2.74. The molecule has 6 nitrogen and oxygen atoms in total. The fourth-order valence-electron chi connectivity index (χ4n) is 2.55. The Morgan fingerprint density at radius 2 is 1.92 bits per heavy atom. The number of esters is 1. The number of aryl methyl sites for hydroxylation is 1. The second kappa shape index (κ2) is 6.16. The lowest BCUT2D eigenvalue weighted by molar-refractivity contribution is 0.0526. The minimum atomic E-state index is -0.408. The summed E-state index contributed by atoms with van der Waals surface area (Å²) in [6, 6.07) is 11.0. The zero-order chi connectivity index (χ0) is 17.3. The molecule has 0 aliphatic rings. The maximum Gasteiger partial charge on any atom is 0.338 e. The summed E-state index contributed by atoms with van der Waals surface area (Å²) in [4.78, 5) is 28.9. The minimum Gasteiger partial charge on any atom is -0.508 e. The molecular weight excluding hydrogens is 308 g/mol. The average Bonchev–Trinajstić information content (AvgIpc) is 2.56. The number of hydrogen-bond acceptors (Lipinski definition) is 5. The second-order valence-electron chi connectivity index (χ2n) is 5.27. The molecule has 0 fully saturated rings. The van der Waals surface area contributed by atoms with Crippen molar-refractivity contribution in [3.63, 3.8) is 0 Å². The van der Waals surface area contributed by atoms with E-state index in [0.29, 0.717) is 34.6 Å². The second-order valence-corrected chi connectivity index (χ2v) is 5.27.